The van der Waals surface area contributed by atoms with Crippen LogP contribution in [0.4, 0.5) is 0 Å². The fourth-order valence-electron chi connectivity index (χ4n) is 5.11. The SMILES string of the molecule is COc1nc(C)nc2c1CC[C@H]1[C@H](C)C(=O)C(=CO)C[C@]21c1ccccc1. The maximum Gasteiger partial charge on any atom is 0.219 e. The van der Waals surface area contributed by atoms with Gasteiger partial charge in [0.2, 0.25) is 5.88 Å². The van der Waals surface area contributed by atoms with E-state index in [0.29, 0.717) is 23.7 Å². The number of rotatable bonds is 2. The number of Topliss-reactive ketones (excluding diaryl/α,β-unsaturated/α-hetero) is 1. The lowest BCUT2D eigenvalue weighted by molar-refractivity contribution is -0.123. The lowest BCUT2D eigenvalue weighted by atomic mass is 9.52. The molecule has 3 atom stereocenters. The Bertz CT molecular complexity index is 923. The third-order valence-corrected chi connectivity index (χ3v) is 6.28. The number of ether oxygens (including phenoxy) is 1. The van der Waals surface area contributed by atoms with Crippen LogP contribution in [0.15, 0.2) is 42.2 Å². The largest absolute Gasteiger partial charge is 0.515 e. The molecule has 140 valence electrons. The van der Waals surface area contributed by atoms with Crippen LogP contribution in [0.2, 0.25) is 0 Å². The first-order chi connectivity index (χ1) is 13.0. The molecule has 27 heavy (non-hydrogen) atoms. The second-order valence-electron chi connectivity index (χ2n) is 7.57. The minimum atomic E-state index is -0.474. The van der Waals surface area contributed by atoms with Gasteiger partial charge in [0.05, 0.1) is 19.1 Å². The van der Waals surface area contributed by atoms with Crippen molar-refractivity contribution in [2.45, 2.75) is 38.5 Å². The van der Waals surface area contributed by atoms with Gasteiger partial charge in [0.15, 0.2) is 5.78 Å². The zero-order chi connectivity index (χ0) is 19.2. The second kappa shape index (κ2) is 6.48. The second-order valence-corrected chi connectivity index (χ2v) is 7.57. The number of fused-ring (bicyclic) bond motifs is 3. The third-order valence-electron chi connectivity index (χ3n) is 6.28. The van der Waals surface area contributed by atoms with Crippen molar-refractivity contribution in [2.24, 2.45) is 11.8 Å². The number of nitrogens with zero attached hydrogens (tertiary/aromatic N) is 2. The summed E-state index contributed by atoms with van der Waals surface area (Å²) in [6.07, 6.45) is 3.07. The van der Waals surface area contributed by atoms with Crippen LogP contribution in [0.3, 0.4) is 0 Å². The highest BCUT2D eigenvalue weighted by Crippen LogP contribution is 2.56. The molecular formula is C22H24N2O3. The van der Waals surface area contributed by atoms with Gasteiger partial charge in [-0.15, -0.1) is 0 Å². The lowest BCUT2D eigenvalue weighted by Crippen LogP contribution is -2.51. The molecule has 5 nitrogen and oxygen atoms in total. The number of hydrogen-bond donors (Lipinski definition) is 1. The number of carbonyl (C=O) groups is 1. The Kier molecular flexibility index (Phi) is 4.25. The molecule has 2 aromatic rings. The number of carbonyl (C=O) groups excluding carboxylic acids is 1. The summed E-state index contributed by atoms with van der Waals surface area (Å²) in [5.74, 6) is 1.23. The van der Waals surface area contributed by atoms with E-state index < -0.39 is 5.41 Å². The Balaban J connectivity index is 2.06. The van der Waals surface area contributed by atoms with Gasteiger partial charge in [0.25, 0.3) is 0 Å². The molecule has 5 heteroatoms. The van der Waals surface area contributed by atoms with Gasteiger partial charge in [0, 0.05) is 22.5 Å². The molecule has 1 saturated carbocycles. The minimum Gasteiger partial charge on any atom is -0.515 e. The number of aromatic nitrogens is 2. The summed E-state index contributed by atoms with van der Waals surface area (Å²) < 4.78 is 5.57. The van der Waals surface area contributed by atoms with Crippen molar-refractivity contribution < 1.29 is 14.6 Å². The normalized spacial score (nSPS) is 28.6. The monoisotopic (exact) mass is 364 g/mol. The van der Waals surface area contributed by atoms with Crippen molar-refractivity contribution in [3.63, 3.8) is 0 Å². The van der Waals surface area contributed by atoms with Crippen molar-refractivity contribution in [3.05, 3.63) is 64.8 Å². The summed E-state index contributed by atoms with van der Waals surface area (Å²) in [6.45, 7) is 3.84. The number of allylic oxidation sites excluding steroid dienone is 1. The van der Waals surface area contributed by atoms with E-state index in [-0.39, 0.29) is 17.6 Å². The number of aliphatic hydroxyl groups is 1. The number of ketones is 1. The van der Waals surface area contributed by atoms with Crippen LogP contribution < -0.4 is 4.74 Å². The van der Waals surface area contributed by atoms with E-state index >= 15 is 0 Å². The maximum absolute atomic E-state index is 12.8. The fraction of sp³-hybridized carbons (Fsp3) is 0.409. The first-order valence-corrected chi connectivity index (χ1v) is 9.38. The third kappa shape index (κ3) is 2.48. The van der Waals surface area contributed by atoms with Gasteiger partial charge in [-0.1, -0.05) is 37.3 Å². The quantitative estimate of drug-likeness (QED) is 0.650. The molecule has 0 radical (unpaired) electrons. The predicted molar refractivity (Wildman–Crippen MR) is 102 cm³/mol. The van der Waals surface area contributed by atoms with Crippen LogP contribution in [0, 0.1) is 18.8 Å². The number of hydrogen-bond acceptors (Lipinski definition) is 5. The molecule has 0 amide bonds. The Morgan fingerprint density at radius 1 is 1.26 bits per heavy atom. The standard InChI is InChI=1S/C22H24N2O3/c1-13-18-10-9-17-20(23-14(2)24-21(17)27-3)22(18,11-15(12-25)19(13)26)16-7-5-4-6-8-16/h4-8,12-13,18,25H,9-11H2,1-3H3/t13-,18-,22+/m0/s1. The van der Waals surface area contributed by atoms with Crippen LogP contribution in [0.25, 0.3) is 0 Å². The van der Waals surface area contributed by atoms with Gasteiger partial charge in [-0.25, -0.2) is 4.98 Å². The van der Waals surface area contributed by atoms with Gasteiger partial charge >= 0.3 is 0 Å². The van der Waals surface area contributed by atoms with E-state index in [2.05, 4.69) is 17.1 Å². The maximum atomic E-state index is 12.8. The van der Waals surface area contributed by atoms with E-state index in [1.54, 1.807) is 7.11 Å². The Morgan fingerprint density at radius 2 is 2.00 bits per heavy atom. The zero-order valence-corrected chi connectivity index (χ0v) is 15.9. The van der Waals surface area contributed by atoms with Crippen molar-refractivity contribution in [1.29, 1.82) is 0 Å². The molecule has 0 aliphatic heterocycles. The van der Waals surface area contributed by atoms with Gasteiger partial charge < -0.3 is 9.84 Å². The van der Waals surface area contributed by atoms with Crippen molar-refractivity contribution in [2.75, 3.05) is 7.11 Å². The van der Waals surface area contributed by atoms with Gasteiger partial charge in [0.1, 0.15) is 5.82 Å². The van der Waals surface area contributed by atoms with Crippen molar-refractivity contribution in [3.8, 4) is 5.88 Å². The summed E-state index contributed by atoms with van der Waals surface area (Å²) >= 11 is 0. The van der Waals surface area contributed by atoms with Gasteiger partial charge in [-0.3, -0.25) is 4.79 Å². The number of methoxy groups -OCH3 is 1. The molecule has 1 aromatic carbocycles. The van der Waals surface area contributed by atoms with E-state index in [1.807, 2.05) is 32.0 Å². The summed E-state index contributed by atoms with van der Waals surface area (Å²) in [6, 6.07) is 10.2. The molecule has 0 spiro atoms. The van der Waals surface area contributed by atoms with E-state index in [1.165, 1.54) is 0 Å². The summed E-state index contributed by atoms with van der Waals surface area (Å²) in [5.41, 5.74) is 3.06. The Labute approximate surface area is 159 Å². The van der Waals surface area contributed by atoms with Crippen LogP contribution in [0.1, 0.15) is 42.4 Å². The summed E-state index contributed by atoms with van der Waals surface area (Å²) in [4.78, 5) is 22.1. The van der Waals surface area contributed by atoms with E-state index in [9.17, 15) is 9.90 Å². The smallest absolute Gasteiger partial charge is 0.219 e. The number of aryl methyl sites for hydroxylation is 1. The summed E-state index contributed by atoms with van der Waals surface area (Å²) in [7, 11) is 1.63. The molecule has 0 saturated heterocycles. The molecule has 1 N–H and O–H groups in total. The zero-order valence-electron chi connectivity index (χ0n) is 15.9. The molecule has 0 unspecified atom stereocenters. The molecule has 2 aliphatic carbocycles. The summed E-state index contributed by atoms with van der Waals surface area (Å²) in [5, 5.41) is 9.79. The van der Waals surface area contributed by atoms with E-state index in [0.717, 1.165) is 35.9 Å². The Morgan fingerprint density at radius 3 is 2.67 bits per heavy atom. The van der Waals surface area contributed by atoms with Crippen molar-refractivity contribution in [1.82, 2.24) is 9.97 Å². The fourth-order valence-corrected chi connectivity index (χ4v) is 5.11. The van der Waals surface area contributed by atoms with Crippen molar-refractivity contribution >= 4 is 5.78 Å². The average Bonchev–Trinajstić information content (AvgIpc) is 2.70. The highest BCUT2D eigenvalue weighted by molar-refractivity contribution is 5.98. The molecule has 1 aromatic heterocycles. The minimum absolute atomic E-state index is 0.0373. The molecule has 1 fully saturated rings. The van der Waals surface area contributed by atoms with Crippen LogP contribution in [-0.4, -0.2) is 28.0 Å². The molecule has 2 aliphatic rings. The molecule has 1 heterocycles. The average molecular weight is 364 g/mol. The van der Waals surface area contributed by atoms with E-state index in [4.69, 9.17) is 9.72 Å². The topological polar surface area (TPSA) is 72.3 Å². The van der Waals surface area contributed by atoms with Gasteiger partial charge in [-0.2, -0.15) is 4.98 Å². The molecule has 0 bridgehead atoms. The molecule has 4 rings (SSSR count). The Hall–Kier alpha value is -2.69. The highest BCUT2D eigenvalue weighted by Gasteiger charge is 2.55. The predicted octanol–water partition coefficient (Wildman–Crippen LogP) is 3.69. The molecular weight excluding hydrogens is 340 g/mol. The van der Waals surface area contributed by atoms with Crippen LogP contribution in [-0.2, 0) is 16.6 Å². The number of aliphatic hydroxyl groups excluding tert-OH is 1. The highest BCUT2D eigenvalue weighted by atomic mass is 16.5. The first kappa shape index (κ1) is 17.7. The van der Waals surface area contributed by atoms with Crippen LogP contribution >= 0.6 is 0 Å². The number of benzene rings is 1. The van der Waals surface area contributed by atoms with Crippen LogP contribution in [0.5, 0.6) is 5.88 Å². The lowest BCUT2D eigenvalue weighted by Gasteiger charge is -2.50. The first-order valence-electron chi connectivity index (χ1n) is 9.38. The van der Waals surface area contributed by atoms with Gasteiger partial charge in [-0.05, 0) is 37.7 Å².